The highest BCUT2D eigenvalue weighted by Gasteiger charge is 2.49. The van der Waals surface area contributed by atoms with E-state index in [0.717, 1.165) is 13.8 Å². The molecule has 0 aliphatic rings. The van der Waals surface area contributed by atoms with E-state index in [-0.39, 0.29) is 5.69 Å². The highest BCUT2D eigenvalue weighted by molar-refractivity contribution is 5.19. The number of aromatic nitrogens is 1. The summed E-state index contributed by atoms with van der Waals surface area (Å²) >= 11 is 0. The van der Waals surface area contributed by atoms with Crippen LogP contribution in [0.4, 0.5) is 13.2 Å². The summed E-state index contributed by atoms with van der Waals surface area (Å²) in [5.41, 5.74) is -1.23. The maximum Gasteiger partial charge on any atom is 0.399 e. The maximum atomic E-state index is 12.6. The molecule has 0 atom stereocenters. The fraction of sp³-hybridized carbons (Fsp3) is 0.500. The van der Waals surface area contributed by atoms with Crippen LogP contribution >= 0.6 is 0 Å². The Kier molecular flexibility index (Phi) is 2.56. The van der Waals surface area contributed by atoms with Crippen LogP contribution in [-0.4, -0.2) is 11.2 Å². The zero-order chi connectivity index (χ0) is 11.0. The quantitative estimate of drug-likeness (QED) is 0.682. The van der Waals surface area contributed by atoms with Crippen LogP contribution in [0.1, 0.15) is 25.2 Å². The third kappa shape index (κ3) is 1.89. The smallest absolute Gasteiger partial charge is 0.257 e. The van der Waals surface area contributed by atoms with Gasteiger partial charge in [0.15, 0.2) is 0 Å². The van der Waals surface area contributed by atoms with E-state index in [1.54, 1.807) is 19.1 Å². The first-order valence-electron chi connectivity index (χ1n) is 4.26. The first-order chi connectivity index (χ1) is 6.25. The minimum absolute atomic E-state index is 0.0602. The monoisotopic (exact) mass is 203 g/mol. The molecule has 0 radical (unpaired) electrons. The predicted octanol–water partition coefficient (Wildman–Crippen LogP) is 3.23. The summed E-state index contributed by atoms with van der Waals surface area (Å²) in [5, 5.41) is 0. The molecule has 0 amide bonds. The van der Waals surface area contributed by atoms with Crippen LogP contribution in [0.5, 0.6) is 0 Å². The normalized spacial score (nSPS) is 13.0. The van der Waals surface area contributed by atoms with Gasteiger partial charge in [-0.2, -0.15) is 13.2 Å². The molecule has 4 heteroatoms. The zero-order valence-electron chi connectivity index (χ0n) is 8.31. The molecule has 1 rings (SSSR count). The van der Waals surface area contributed by atoms with Crippen LogP contribution in [0.3, 0.4) is 0 Å². The van der Waals surface area contributed by atoms with Crippen molar-refractivity contribution in [2.75, 3.05) is 0 Å². The lowest BCUT2D eigenvalue weighted by atomic mass is 9.88. The second-order valence-electron chi connectivity index (χ2n) is 3.79. The molecular formula is C10H12F3N. The first-order valence-corrected chi connectivity index (χ1v) is 4.26. The van der Waals surface area contributed by atoms with E-state index in [1.165, 1.54) is 6.07 Å². The molecule has 0 N–H and O–H groups in total. The van der Waals surface area contributed by atoms with Gasteiger partial charge in [-0.25, -0.2) is 0 Å². The van der Waals surface area contributed by atoms with Crippen molar-refractivity contribution in [2.45, 2.75) is 32.4 Å². The minimum Gasteiger partial charge on any atom is -0.257 e. The van der Waals surface area contributed by atoms with Gasteiger partial charge in [0.25, 0.3) is 0 Å². The summed E-state index contributed by atoms with van der Waals surface area (Å²) < 4.78 is 37.8. The van der Waals surface area contributed by atoms with Gasteiger partial charge in [-0.05, 0) is 32.9 Å². The molecule has 0 unspecified atom stereocenters. The van der Waals surface area contributed by atoms with Gasteiger partial charge in [0.2, 0.25) is 0 Å². The number of rotatable bonds is 1. The molecule has 78 valence electrons. The lowest BCUT2D eigenvalue weighted by molar-refractivity contribution is -0.181. The van der Waals surface area contributed by atoms with Crippen LogP contribution < -0.4 is 0 Å². The van der Waals surface area contributed by atoms with E-state index in [1.807, 2.05) is 0 Å². The van der Waals surface area contributed by atoms with E-state index in [2.05, 4.69) is 4.98 Å². The molecule has 1 aromatic heterocycles. The summed E-state index contributed by atoms with van der Waals surface area (Å²) in [7, 11) is 0. The Balaban J connectivity index is 3.16. The summed E-state index contributed by atoms with van der Waals surface area (Å²) in [6.07, 6.45) is -4.27. The van der Waals surface area contributed by atoms with Crippen molar-refractivity contribution in [2.24, 2.45) is 0 Å². The first kappa shape index (κ1) is 11.0. The molecule has 0 fully saturated rings. The Labute approximate surface area is 81.0 Å². The van der Waals surface area contributed by atoms with E-state index < -0.39 is 11.6 Å². The van der Waals surface area contributed by atoms with Crippen LogP contribution in [0.15, 0.2) is 18.2 Å². The molecule has 0 spiro atoms. The van der Waals surface area contributed by atoms with Crippen molar-refractivity contribution in [1.29, 1.82) is 0 Å². The van der Waals surface area contributed by atoms with E-state index in [9.17, 15) is 13.2 Å². The Morgan fingerprint density at radius 3 is 2.14 bits per heavy atom. The van der Waals surface area contributed by atoms with Gasteiger partial charge in [0.1, 0.15) is 5.41 Å². The fourth-order valence-corrected chi connectivity index (χ4v) is 1.04. The number of hydrogen-bond acceptors (Lipinski definition) is 1. The van der Waals surface area contributed by atoms with Gasteiger partial charge < -0.3 is 0 Å². The van der Waals surface area contributed by atoms with Gasteiger partial charge in [-0.1, -0.05) is 6.07 Å². The fourth-order valence-electron chi connectivity index (χ4n) is 1.04. The molecule has 0 aromatic carbocycles. The van der Waals surface area contributed by atoms with E-state index >= 15 is 0 Å². The molecule has 0 saturated carbocycles. The Morgan fingerprint density at radius 1 is 1.14 bits per heavy atom. The number of aryl methyl sites for hydroxylation is 1. The van der Waals surface area contributed by atoms with Crippen molar-refractivity contribution in [1.82, 2.24) is 4.98 Å². The van der Waals surface area contributed by atoms with Gasteiger partial charge in [0.05, 0.1) is 5.69 Å². The standard InChI is InChI=1S/C10H12F3N/c1-7-5-4-6-8(14-7)9(2,3)10(11,12)13/h4-6H,1-3H3. The van der Waals surface area contributed by atoms with Crippen molar-refractivity contribution >= 4 is 0 Å². The van der Waals surface area contributed by atoms with Crippen LogP contribution in [0.25, 0.3) is 0 Å². The lowest BCUT2D eigenvalue weighted by Crippen LogP contribution is -2.37. The Hall–Kier alpha value is -1.06. The molecule has 0 bridgehead atoms. The Bertz CT molecular complexity index is 328. The van der Waals surface area contributed by atoms with Crippen LogP contribution in [0, 0.1) is 6.92 Å². The van der Waals surface area contributed by atoms with Gasteiger partial charge >= 0.3 is 6.18 Å². The number of halogens is 3. The number of pyridine rings is 1. The molecule has 0 aliphatic heterocycles. The van der Waals surface area contributed by atoms with Crippen molar-refractivity contribution in [3.63, 3.8) is 0 Å². The highest BCUT2D eigenvalue weighted by atomic mass is 19.4. The predicted molar refractivity (Wildman–Crippen MR) is 48.1 cm³/mol. The third-order valence-corrected chi connectivity index (χ3v) is 2.24. The summed E-state index contributed by atoms with van der Waals surface area (Å²) in [4.78, 5) is 3.89. The minimum atomic E-state index is -4.27. The Morgan fingerprint density at radius 2 is 1.71 bits per heavy atom. The summed E-state index contributed by atoms with van der Waals surface area (Å²) in [6.45, 7) is 3.94. The average Bonchev–Trinajstić information content (AvgIpc) is 2.02. The van der Waals surface area contributed by atoms with Gasteiger partial charge in [-0.3, -0.25) is 4.98 Å². The van der Waals surface area contributed by atoms with E-state index in [4.69, 9.17) is 0 Å². The van der Waals surface area contributed by atoms with Crippen LogP contribution in [-0.2, 0) is 5.41 Å². The average molecular weight is 203 g/mol. The molecule has 0 saturated heterocycles. The summed E-state index contributed by atoms with van der Waals surface area (Å²) in [6, 6.07) is 4.67. The van der Waals surface area contributed by atoms with Crippen molar-refractivity contribution < 1.29 is 13.2 Å². The van der Waals surface area contributed by atoms with Crippen molar-refractivity contribution in [3.05, 3.63) is 29.6 Å². The molecule has 1 aromatic rings. The maximum absolute atomic E-state index is 12.6. The molecule has 14 heavy (non-hydrogen) atoms. The second-order valence-corrected chi connectivity index (χ2v) is 3.79. The number of alkyl halides is 3. The number of nitrogens with zero attached hydrogens (tertiary/aromatic N) is 1. The van der Waals surface area contributed by atoms with Gasteiger partial charge in [-0.15, -0.1) is 0 Å². The molecule has 1 heterocycles. The lowest BCUT2D eigenvalue weighted by Gasteiger charge is -2.27. The highest BCUT2D eigenvalue weighted by Crippen LogP contribution is 2.39. The second kappa shape index (κ2) is 3.26. The van der Waals surface area contributed by atoms with Crippen LogP contribution in [0.2, 0.25) is 0 Å². The molecule has 0 aliphatic carbocycles. The number of hydrogen-bond donors (Lipinski definition) is 0. The largest absolute Gasteiger partial charge is 0.399 e. The summed E-state index contributed by atoms with van der Waals surface area (Å²) in [5.74, 6) is 0. The van der Waals surface area contributed by atoms with Crippen molar-refractivity contribution in [3.8, 4) is 0 Å². The SMILES string of the molecule is Cc1cccc(C(C)(C)C(F)(F)F)n1. The van der Waals surface area contributed by atoms with E-state index in [0.29, 0.717) is 5.69 Å². The van der Waals surface area contributed by atoms with Gasteiger partial charge in [0, 0.05) is 5.69 Å². The molecule has 1 nitrogen and oxygen atoms in total. The third-order valence-electron chi connectivity index (χ3n) is 2.24. The zero-order valence-corrected chi connectivity index (χ0v) is 8.31. The molecular weight excluding hydrogens is 191 g/mol. The topological polar surface area (TPSA) is 12.9 Å².